The first-order valence-corrected chi connectivity index (χ1v) is 9.25. The lowest BCUT2D eigenvalue weighted by atomic mass is 10.0. The van der Waals surface area contributed by atoms with Gasteiger partial charge in [-0.2, -0.15) is 5.10 Å². The predicted octanol–water partition coefficient (Wildman–Crippen LogP) is 4.78. The zero-order chi connectivity index (χ0) is 19.8. The summed E-state index contributed by atoms with van der Waals surface area (Å²) in [6, 6.07) is 23.1. The number of amides is 1. The Morgan fingerprint density at radius 3 is 2.38 bits per heavy atom. The highest BCUT2D eigenvalue weighted by atomic mass is 19.1. The molecule has 0 fully saturated rings. The molecule has 1 atom stereocenters. The van der Waals surface area contributed by atoms with Gasteiger partial charge >= 0.3 is 0 Å². The Hall–Kier alpha value is -3.93. The number of carbonyl (C=O) groups is 1. The van der Waals surface area contributed by atoms with Gasteiger partial charge in [0, 0.05) is 23.1 Å². The second kappa shape index (κ2) is 6.91. The zero-order valence-electron chi connectivity index (χ0n) is 15.4. The van der Waals surface area contributed by atoms with Crippen LogP contribution in [0.15, 0.2) is 91.3 Å². The second-order valence-electron chi connectivity index (χ2n) is 6.80. The summed E-state index contributed by atoms with van der Waals surface area (Å²) in [5, 5.41) is 7.89. The Morgan fingerprint density at radius 1 is 0.862 bits per heavy atom. The van der Waals surface area contributed by atoms with Crippen molar-refractivity contribution in [3.8, 4) is 5.69 Å². The van der Waals surface area contributed by atoms with Crippen LogP contribution in [0.5, 0.6) is 0 Å². The number of benzene rings is 3. The first-order valence-electron chi connectivity index (χ1n) is 9.25. The average Bonchev–Trinajstić information content (AvgIpc) is 3.25. The van der Waals surface area contributed by atoms with Crippen LogP contribution in [0, 0.1) is 5.82 Å². The molecular weight excluding hydrogens is 367 g/mol. The summed E-state index contributed by atoms with van der Waals surface area (Å²) in [6.45, 7) is 0. The van der Waals surface area contributed by atoms with Crippen molar-refractivity contribution in [3.63, 3.8) is 0 Å². The van der Waals surface area contributed by atoms with Gasteiger partial charge in [-0.25, -0.2) is 9.07 Å². The molecule has 0 spiro atoms. The SMILES string of the molecule is O=C1c2ccccc2N[C@@H](c2cnn(-c3ccccc3)c2)N1c1ccc(F)cc1. The van der Waals surface area contributed by atoms with E-state index in [1.165, 1.54) is 12.1 Å². The topological polar surface area (TPSA) is 50.2 Å². The maximum atomic E-state index is 13.5. The third kappa shape index (κ3) is 3.04. The molecule has 0 bridgehead atoms. The van der Waals surface area contributed by atoms with Gasteiger partial charge in [0.1, 0.15) is 12.0 Å². The molecule has 1 aromatic heterocycles. The minimum absolute atomic E-state index is 0.150. The van der Waals surface area contributed by atoms with E-state index >= 15 is 0 Å². The zero-order valence-corrected chi connectivity index (χ0v) is 15.4. The van der Waals surface area contributed by atoms with E-state index in [9.17, 15) is 9.18 Å². The molecule has 0 aliphatic carbocycles. The van der Waals surface area contributed by atoms with Crippen LogP contribution in [0.1, 0.15) is 22.1 Å². The van der Waals surface area contributed by atoms with Crippen molar-refractivity contribution < 1.29 is 9.18 Å². The number of rotatable bonds is 3. The van der Waals surface area contributed by atoms with Crippen molar-refractivity contribution in [2.75, 3.05) is 10.2 Å². The van der Waals surface area contributed by atoms with E-state index < -0.39 is 6.17 Å². The lowest BCUT2D eigenvalue weighted by molar-refractivity contribution is 0.0975. The standard InChI is InChI=1S/C23H17FN4O/c24-17-10-12-19(13-11-17)28-22(26-21-9-5-4-8-20(21)23(28)29)16-14-25-27(15-16)18-6-2-1-3-7-18/h1-15,22,26H/t22-/m1/s1. The Morgan fingerprint density at radius 2 is 1.59 bits per heavy atom. The van der Waals surface area contributed by atoms with Crippen molar-refractivity contribution in [2.45, 2.75) is 6.17 Å². The van der Waals surface area contributed by atoms with Crippen LogP contribution in [-0.2, 0) is 0 Å². The van der Waals surface area contributed by atoms with Gasteiger partial charge < -0.3 is 5.32 Å². The molecule has 29 heavy (non-hydrogen) atoms. The molecule has 5 rings (SSSR count). The Balaban J connectivity index is 1.60. The van der Waals surface area contributed by atoms with E-state index in [0.717, 1.165) is 16.9 Å². The van der Waals surface area contributed by atoms with Crippen molar-refractivity contribution in [2.24, 2.45) is 0 Å². The number of nitrogens with zero attached hydrogens (tertiary/aromatic N) is 3. The first-order chi connectivity index (χ1) is 14.2. The highest BCUT2D eigenvalue weighted by Crippen LogP contribution is 2.36. The van der Waals surface area contributed by atoms with Crippen LogP contribution in [0.2, 0.25) is 0 Å². The van der Waals surface area contributed by atoms with Crippen molar-refractivity contribution >= 4 is 17.3 Å². The number of anilines is 2. The largest absolute Gasteiger partial charge is 0.360 e. The molecular formula is C23H17FN4O. The highest BCUT2D eigenvalue weighted by Gasteiger charge is 2.34. The van der Waals surface area contributed by atoms with Crippen LogP contribution in [0.25, 0.3) is 5.69 Å². The van der Waals surface area contributed by atoms with Crippen LogP contribution in [0.4, 0.5) is 15.8 Å². The number of nitrogens with one attached hydrogen (secondary N) is 1. The van der Waals surface area contributed by atoms with Crippen molar-refractivity contribution in [1.29, 1.82) is 0 Å². The molecule has 0 unspecified atom stereocenters. The summed E-state index contributed by atoms with van der Waals surface area (Å²) in [6.07, 6.45) is 3.16. The van der Waals surface area contributed by atoms with E-state index in [-0.39, 0.29) is 11.7 Å². The normalized spacial score (nSPS) is 15.7. The number of para-hydroxylation sites is 2. The molecule has 142 valence electrons. The van der Waals surface area contributed by atoms with Crippen LogP contribution in [-0.4, -0.2) is 15.7 Å². The number of hydrogen-bond donors (Lipinski definition) is 1. The molecule has 3 aromatic carbocycles. The maximum absolute atomic E-state index is 13.5. The quantitative estimate of drug-likeness (QED) is 0.553. The minimum atomic E-state index is -0.472. The summed E-state index contributed by atoms with van der Waals surface area (Å²) >= 11 is 0. The highest BCUT2D eigenvalue weighted by molar-refractivity contribution is 6.12. The van der Waals surface area contributed by atoms with Crippen LogP contribution >= 0.6 is 0 Å². The van der Waals surface area contributed by atoms with Crippen LogP contribution in [0.3, 0.4) is 0 Å². The molecule has 0 saturated carbocycles. The van der Waals surface area contributed by atoms with Gasteiger partial charge in [-0.05, 0) is 48.5 Å². The van der Waals surface area contributed by atoms with Crippen molar-refractivity contribution in [3.05, 3.63) is 108 Å². The number of carbonyl (C=O) groups excluding carboxylic acids is 1. The van der Waals surface area contributed by atoms with Gasteiger partial charge in [0.25, 0.3) is 5.91 Å². The van der Waals surface area contributed by atoms with E-state index in [1.807, 2.05) is 54.7 Å². The fourth-order valence-electron chi connectivity index (χ4n) is 3.55. The molecule has 4 aromatic rings. The summed E-state index contributed by atoms with van der Waals surface area (Å²) in [5.74, 6) is -0.497. The van der Waals surface area contributed by atoms with Gasteiger partial charge in [-0.1, -0.05) is 30.3 Å². The summed E-state index contributed by atoms with van der Waals surface area (Å²) in [7, 11) is 0. The summed E-state index contributed by atoms with van der Waals surface area (Å²) in [4.78, 5) is 15.0. The van der Waals surface area contributed by atoms with Gasteiger partial charge in [-0.3, -0.25) is 9.69 Å². The molecule has 1 N–H and O–H groups in total. The predicted molar refractivity (Wildman–Crippen MR) is 110 cm³/mol. The Kier molecular flexibility index (Phi) is 4.09. The number of hydrogen-bond acceptors (Lipinski definition) is 3. The van der Waals surface area contributed by atoms with Gasteiger partial charge in [-0.15, -0.1) is 0 Å². The van der Waals surface area contributed by atoms with Crippen LogP contribution < -0.4 is 10.2 Å². The third-order valence-electron chi connectivity index (χ3n) is 4.97. The lowest BCUT2D eigenvalue weighted by Crippen LogP contribution is -2.43. The molecule has 1 aliphatic rings. The molecule has 1 amide bonds. The molecule has 2 heterocycles. The summed E-state index contributed by atoms with van der Waals surface area (Å²) < 4.78 is 15.2. The smallest absolute Gasteiger partial charge is 0.262 e. The average molecular weight is 384 g/mol. The van der Waals surface area contributed by atoms with E-state index in [4.69, 9.17) is 0 Å². The van der Waals surface area contributed by atoms with Gasteiger partial charge in [0.15, 0.2) is 0 Å². The monoisotopic (exact) mass is 384 g/mol. The second-order valence-corrected chi connectivity index (χ2v) is 6.80. The van der Waals surface area contributed by atoms with Gasteiger partial charge in [0.05, 0.1) is 17.4 Å². The molecule has 0 saturated heterocycles. The first kappa shape index (κ1) is 17.2. The molecule has 6 heteroatoms. The number of halogens is 1. The third-order valence-corrected chi connectivity index (χ3v) is 4.97. The fourth-order valence-corrected chi connectivity index (χ4v) is 3.55. The maximum Gasteiger partial charge on any atom is 0.262 e. The lowest BCUT2D eigenvalue weighted by Gasteiger charge is -2.37. The minimum Gasteiger partial charge on any atom is -0.360 e. The summed E-state index contributed by atoms with van der Waals surface area (Å²) in [5.41, 5.74) is 3.68. The Labute approximate surface area is 167 Å². The molecule has 1 aliphatic heterocycles. The number of fused-ring (bicyclic) bond motifs is 1. The molecule has 5 nitrogen and oxygen atoms in total. The van der Waals surface area contributed by atoms with E-state index in [1.54, 1.807) is 34.0 Å². The van der Waals surface area contributed by atoms with E-state index in [2.05, 4.69) is 10.4 Å². The van der Waals surface area contributed by atoms with Gasteiger partial charge in [0.2, 0.25) is 0 Å². The molecule has 0 radical (unpaired) electrons. The number of aromatic nitrogens is 2. The van der Waals surface area contributed by atoms with E-state index in [0.29, 0.717) is 11.3 Å². The fraction of sp³-hybridized carbons (Fsp3) is 0.0435. The van der Waals surface area contributed by atoms with Crippen molar-refractivity contribution in [1.82, 2.24) is 9.78 Å². The Bertz CT molecular complexity index is 1170.